The van der Waals surface area contributed by atoms with Crippen molar-refractivity contribution in [3.63, 3.8) is 0 Å². The molecular formula is C18H19N5O2. The number of carbonyl (C=O) groups excluding carboxylic acids is 1. The van der Waals surface area contributed by atoms with Gasteiger partial charge in [-0.2, -0.15) is 5.10 Å². The van der Waals surface area contributed by atoms with E-state index in [-0.39, 0.29) is 5.91 Å². The van der Waals surface area contributed by atoms with Crippen molar-refractivity contribution >= 4 is 5.91 Å². The summed E-state index contributed by atoms with van der Waals surface area (Å²) in [5.41, 5.74) is 3.11. The fraction of sp³-hybridized carbons (Fsp3) is 0.278. The van der Waals surface area contributed by atoms with E-state index in [2.05, 4.69) is 15.1 Å². The Morgan fingerprint density at radius 2 is 2.20 bits per heavy atom. The molecule has 2 aromatic heterocycles. The van der Waals surface area contributed by atoms with Crippen LogP contribution in [0.1, 0.15) is 34.8 Å². The number of hydrogen-bond acceptors (Lipinski definition) is 4. The van der Waals surface area contributed by atoms with Crippen molar-refractivity contribution in [3.8, 4) is 11.4 Å². The standard InChI is InChI=1S/C18H19N5O2/c1-12(24)16-10-15-11-22(7-8-23(15)21-16)18(25)14-4-2-3-13(9-14)17-19-5-6-20-17/h2-6,9-10,12,24H,7-8,11H2,1H3,(H,19,20)/t12-/m1/s1. The predicted molar refractivity (Wildman–Crippen MR) is 91.6 cm³/mol. The van der Waals surface area contributed by atoms with E-state index in [0.717, 1.165) is 17.1 Å². The molecule has 1 aromatic carbocycles. The first-order valence-electron chi connectivity index (χ1n) is 8.25. The highest BCUT2D eigenvalue weighted by Gasteiger charge is 2.24. The Hall–Kier alpha value is -2.93. The molecule has 25 heavy (non-hydrogen) atoms. The number of nitrogens with one attached hydrogen (secondary N) is 1. The maximum atomic E-state index is 12.9. The molecule has 1 amide bonds. The van der Waals surface area contributed by atoms with Crippen molar-refractivity contribution < 1.29 is 9.90 Å². The lowest BCUT2D eigenvalue weighted by Crippen LogP contribution is -2.38. The van der Waals surface area contributed by atoms with Crippen LogP contribution in [0.5, 0.6) is 0 Å². The van der Waals surface area contributed by atoms with Crippen LogP contribution in [0.4, 0.5) is 0 Å². The normalized spacial score (nSPS) is 15.0. The van der Waals surface area contributed by atoms with E-state index < -0.39 is 6.10 Å². The number of rotatable bonds is 3. The third-order valence-corrected chi connectivity index (χ3v) is 4.41. The number of aliphatic hydroxyl groups is 1. The molecule has 0 radical (unpaired) electrons. The predicted octanol–water partition coefficient (Wildman–Crippen LogP) is 1.98. The van der Waals surface area contributed by atoms with Gasteiger partial charge < -0.3 is 15.0 Å². The van der Waals surface area contributed by atoms with Gasteiger partial charge in [-0.25, -0.2) is 4.98 Å². The maximum Gasteiger partial charge on any atom is 0.254 e. The quantitative estimate of drug-likeness (QED) is 0.765. The van der Waals surface area contributed by atoms with Crippen LogP contribution in [-0.2, 0) is 13.1 Å². The number of nitrogens with zero attached hydrogens (tertiary/aromatic N) is 4. The summed E-state index contributed by atoms with van der Waals surface area (Å²) in [6.07, 6.45) is 2.84. The minimum atomic E-state index is -0.604. The zero-order chi connectivity index (χ0) is 17.4. The van der Waals surface area contributed by atoms with Gasteiger partial charge in [-0.05, 0) is 25.1 Å². The first-order valence-corrected chi connectivity index (χ1v) is 8.25. The number of imidazole rings is 1. The molecular weight excluding hydrogens is 318 g/mol. The van der Waals surface area contributed by atoms with Crippen molar-refractivity contribution in [2.75, 3.05) is 6.54 Å². The smallest absolute Gasteiger partial charge is 0.254 e. The molecule has 7 nitrogen and oxygen atoms in total. The fourth-order valence-corrected chi connectivity index (χ4v) is 3.07. The number of fused-ring (bicyclic) bond motifs is 1. The molecule has 3 heterocycles. The number of aromatic amines is 1. The highest BCUT2D eigenvalue weighted by molar-refractivity contribution is 5.95. The maximum absolute atomic E-state index is 12.9. The highest BCUT2D eigenvalue weighted by Crippen LogP contribution is 2.21. The average molecular weight is 337 g/mol. The van der Waals surface area contributed by atoms with E-state index in [1.165, 1.54) is 0 Å². The topological polar surface area (TPSA) is 87.0 Å². The fourth-order valence-electron chi connectivity index (χ4n) is 3.07. The second-order valence-corrected chi connectivity index (χ2v) is 6.20. The largest absolute Gasteiger partial charge is 0.387 e. The number of benzene rings is 1. The Balaban J connectivity index is 1.56. The SMILES string of the molecule is C[C@@H](O)c1cc2n(n1)CCN(C(=O)c1cccc(-c3ncc[nH]3)c1)C2. The molecule has 1 atom stereocenters. The van der Waals surface area contributed by atoms with Gasteiger partial charge in [-0.1, -0.05) is 12.1 Å². The summed E-state index contributed by atoms with van der Waals surface area (Å²) in [5.74, 6) is 0.729. The van der Waals surface area contributed by atoms with E-state index in [4.69, 9.17) is 0 Å². The molecule has 1 aliphatic heterocycles. The van der Waals surface area contributed by atoms with Gasteiger partial charge in [0.15, 0.2) is 0 Å². The van der Waals surface area contributed by atoms with Crippen LogP contribution in [-0.4, -0.2) is 42.2 Å². The molecule has 0 aliphatic carbocycles. The zero-order valence-corrected chi connectivity index (χ0v) is 13.9. The van der Waals surface area contributed by atoms with Gasteiger partial charge in [0.1, 0.15) is 5.82 Å². The Morgan fingerprint density at radius 3 is 2.96 bits per heavy atom. The molecule has 128 valence electrons. The monoisotopic (exact) mass is 337 g/mol. The minimum Gasteiger partial charge on any atom is -0.387 e. The molecule has 3 aromatic rings. The van der Waals surface area contributed by atoms with Gasteiger partial charge in [0.25, 0.3) is 5.91 Å². The van der Waals surface area contributed by atoms with Crippen LogP contribution in [0.25, 0.3) is 11.4 Å². The van der Waals surface area contributed by atoms with Crippen molar-refractivity contribution in [1.29, 1.82) is 0 Å². The van der Waals surface area contributed by atoms with E-state index >= 15 is 0 Å². The first kappa shape index (κ1) is 15.6. The zero-order valence-electron chi connectivity index (χ0n) is 13.9. The summed E-state index contributed by atoms with van der Waals surface area (Å²) >= 11 is 0. The highest BCUT2D eigenvalue weighted by atomic mass is 16.3. The lowest BCUT2D eigenvalue weighted by molar-refractivity contribution is 0.0705. The summed E-state index contributed by atoms with van der Waals surface area (Å²) in [5, 5.41) is 14.1. The summed E-state index contributed by atoms with van der Waals surface area (Å²) in [6.45, 7) is 3.41. The van der Waals surface area contributed by atoms with Crippen molar-refractivity contribution in [3.05, 3.63) is 59.7 Å². The molecule has 0 spiro atoms. The molecule has 0 bridgehead atoms. The number of hydrogen-bond donors (Lipinski definition) is 2. The molecule has 2 N–H and O–H groups in total. The molecule has 7 heteroatoms. The number of H-pyrrole nitrogens is 1. The second kappa shape index (κ2) is 6.18. The Labute approximate surface area is 144 Å². The number of amides is 1. The van der Waals surface area contributed by atoms with E-state index in [0.29, 0.717) is 30.9 Å². The van der Waals surface area contributed by atoms with Gasteiger partial charge in [0.05, 0.1) is 30.6 Å². The number of carbonyl (C=O) groups is 1. The molecule has 4 rings (SSSR count). The Kier molecular flexibility index (Phi) is 3.85. The number of aromatic nitrogens is 4. The number of aliphatic hydroxyl groups excluding tert-OH is 1. The van der Waals surface area contributed by atoms with E-state index in [9.17, 15) is 9.90 Å². The van der Waals surface area contributed by atoms with Crippen LogP contribution in [0.2, 0.25) is 0 Å². The third-order valence-electron chi connectivity index (χ3n) is 4.41. The summed E-state index contributed by atoms with van der Waals surface area (Å²) < 4.78 is 1.87. The third kappa shape index (κ3) is 2.94. The summed E-state index contributed by atoms with van der Waals surface area (Å²) in [6, 6.07) is 9.33. The minimum absolute atomic E-state index is 0.0144. The van der Waals surface area contributed by atoms with Crippen LogP contribution in [0.15, 0.2) is 42.7 Å². The van der Waals surface area contributed by atoms with Gasteiger partial charge in [0.2, 0.25) is 0 Å². The molecule has 0 unspecified atom stereocenters. The van der Waals surface area contributed by atoms with E-state index in [1.54, 1.807) is 19.3 Å². The van der Waals surface area contributed by atoms with Crippen molar-refractivity contribution in [2.45, 2.75) is 26.1 Å². The first-order chi connectivity index (χ1) is 12.1. The lowest BCUT2D eigenvalue weighted by Gasteiger charge is -2.27. The molecule has 0 saturated heterocycles. The van der Waals surface area contributed by atoms with Gasteiger partial charge in [0, 0.05) is 30.1 Å². The van der Waals surface area contributed by atoms with Crippen LogP contribution >= 0.6 is 0 Å². The van der Waals surface area contributed by atoms with Crippen LogP contribution < -0.4 is 0 Å². The Morgan fingerprint density at radius 1 is 1.32 bits per heavy atom. The molecule has 0 fully saturated rings. The summed E-state index contributed by atoms with van der Waals surface area (Å²) in [7, 11) is 0. The van der Waals surface area contributed by atoms with Crippen molar-refractivity contribution in [2.24, 2.45) is 0 Å². The van der Waals surface area contributed by atoms with Gasteiger partial charge in [-0.15, -0.1) is 0 Å². The van der Waals surface area contributed by atoms with Gasteiger partial charge in [-0.3, -0.25) is 9.48 Å². The van der Waals surface area contributed by atoms with E-state index in [1.807, 2.05) is 39.9 Å². The summed E-state index contributed by atoms with van der Waals surface area (Å²) in [4.78, 5) is 22.0. The van der Waals surface area contributed by atoms with Gasteiger partial charge >= 0.3 is 0 Å². The van der Waals surface area contributed by atoms with Crippen LogP contribution in [0, 0.1) is 0 Å². The lowest BCUT2D eigenvalue weighted by atomic mass is 10.1. The second-order valence-electron chi connectivity index (χ2n) is 6.20. The van der Waals surface area contributed by atoms with Crippen molar-refractivity contribution in [1.82, 2.24) is 24.6 Å². The van der Waals surface area contributed by atoms with Crippen LogP contribution in [0.3, 0.4) is 0 Å². The average Bonchev–Trinajstić information content (AvgIpc) is 3.30. The molecule has 0 saturated carbocycles. The Bertz CT molecular complexity index is 898. The molecule has 1 aliphatic rings.